The average Bonchev–Trinajstić information content (AvgIpc) is 2.63. The van der Waals surface area contributed by atoms with Crippen molar-refractivity contribution in [2.24, 2.45) is 4.99 Å². The highest BCUT2D eigenvalue weighted by Gasteiger charge is 2.15. The first-order valence-corrected chi connectivity index (χ1v) is 8.29. The van der Waals surface area contributed by atoms with Crippen molar-refractivity contribution >= 4 is 11.9 Å². The highest BCUT2D eigenvalue weighted by atomic mass is 16.3. The Hall–Kier alpha value is -3.41. The number of hydrogen-bond donors (Lipinski definition) is 2. The van der Waals surface area contributed by atoms with E-state index in [-0.39, 0.29) is 5.56 Å². The Kier molecular flexibility index (Phi) is 4.84. The molecule has 6 heteroatoms. The standard InChI is InChI=1S/C20H19N3O3/c1-3-14-9-5-6-10-16(14)21-12-15-18(24)22-20(26)23(19(15)25)17-11-7-4-8-13(17)2/h4-12,25H,3H2,1-2H3,(H,22,24,26). The first-order chi connectivity index (χ1) is 12.5. The van der Waals surface area contributed by atoms with E-state index in [9.17, 15) is 14.7 Å². The van der Waals surface area contributed by atoms with Crippen LogP contribution in [0.2, 0.25) is 0 Å². The van der Waals surface area contributed by atoms with Crippen LogP contribution in [0.4, 0.5) is 5.69 Å². The normalized spacial score (nSPS) is 11.2. The Balaban J connectivity index is 2.16. The summed E-state index contributed by atoms with van der Waals surface area (Å²) < 4.78 is 1.07. The van der Waals surface area contributed by atoms with Crippen molar-refractivity contribution in [1.82, 2.24) is 9.55 Å². The summed E-state index contributed by atoms with van der Waals surface area (Å²) in [6.45, 7) is 3.83. The lowest BCUT2D eigenvalue weighted by atomic mass is 10.1. The van der Waals surface area contributed by atoms with E-state index < -0.39 is 17.1 Å². The maximum atomic E-state index is 12.2. The van der Waals surface area contributed by atoms with Gasteiger partial charge in [0.15, 0.2) is 0 Å². The predicted octanol–water partition coefficient (Wildman–Crippen LogP) is 2.85. The molecule has 26 heavy (non-hydrogen) atoms. The van der Waals surface area contributed by atoms with E-state index in [0.717, 1.165) is 22.1 Å². The summed E-state index contributed by atoms with van der Waals surface area (Å²) in [7, 11) is 0. The maximum Gasteiger partial charge on any atom is 0.335 e. The molecule has 6 nitrogen and oxygen atoms in total. The lowest BCUT2D eigenvalue weighted by molar-refractivity contribution is 0.430. The van der Waals surface area contributed by atoms with Gasteiger partial charge in [-0.15, -0.1) is 0 Å². The maximum absolute atomic E-state index is 12.2. The Labute approximate surface area is 150 Å². The van der Waals surface area contributed by atoms with E-state index in [1.54, 1.807) is 12.1 Å². The minimum atomic E-state index is -0.701. The molecule has 3 rings (SSSR count). The Morgan fingerprint density at radius 2 is 1.81 bits per heavy atom. The van der Waals surface area contributed by atoms with Crippen molar-refractivity contribution in [1.29, 1.82) is 0 Å². The van der Waals surface area contributed by atoms with E-state index in [1.165, 1.54) is 6.21 Å². The Bertz CT molecular complexity index is 1090. The van der Waals surface area contributed by atoms with E-state index in [0.29, 0.717) is 11.4 Å². The van der Waals surface area contributed by atoms with Crippen molar-refractivity contribution in [3.8, 4) is 11.6 Å². The van der Waals surface area contributed by atoms with Crippen LogP contribution in [0.5, 0.6) is 5.88 Å². The topological polar surface area (TPSA) is 87.4 Å². The third-order valence-electron chi connectivity index (χ3n) is 4.18. The van der Waals surface area contributed by atoms with E-state index in [1.807, 2.05) is 50.2 Å². The molecule has 132 valence electrons. The summed E-state index contributed by atoms with van der Waals surface area (Å²) >= 11 is 0. The fraction of sp³-hybridized carbons (Fsp3) is 0.150. The molecule has 0 amide bonds. The zero-order valence-corrected chi connectivity index (χ0v) is 14.6. The van der Waals surface area contributed by atoms with Gasteiger partial charge in [0.25, 0.3) is 5.56 Å². The van der Waals surface area contributed by atoms with Gasteiger partial charge in [-0.1, -0.05) is 43.3 Å². The molecule has 0 bridgehead atoms. The molecule has 1 heterocycles. The second-order valence-corrected chi connectivity index (χ2v) is 5.86. The third-order valence-corrected chi connectivity index (χ3v) is 4.18. The zero-order valence-electron chi connectivity index (χ0n) is 14.6. The average molecular weight is 349 g/mol. The number of aryl methyl sites for hydroxylation is 2. The molecule has 0 aliphatic heterocycles. The van der Waals surface area contributed by atoms with Gasteiger partial charge in [0.05, 0.1) is 11.4 Å². The second kappa shape index (κ2) is 7.23. The summed E-state index contributed by atoms with van der Waals surface area (Å²) in [5.41, 5.74) is 1.56. The molecule has 2 aromatic carbocycles. The molecule has 0 spiro atoms. The first-order valence-electron chi connectivity index (χ1n) is 8.29. The van der Waals surface area contributed by atoms with Crippen LogP contribution in [0.25, 0.3) is 5.69 Å². The number of rotatable bonds is 4. The molecule has 0 atom stereocenters. The molecule has 0 aliphatic rings. The van der Waals surface area contributed by atoms with Crippen LogP contribution in [0, 0.1) is 6.92 Å². The van der Waals surface area contributed by atoms with Crippen LogP contribution in [0.1, 0.15) is 23.6 Å². The van der Waals surface area contributed by atoms with Gasteiger partial charge in [0.2, 0.25) is 5.88 Å². The zero-order chi connectivity index (χ0) is 18.7. The number of hydrogen-bond acceptors (Lipinski definition) is 4. The fourth-order valence-electron chi connectivity index (χ4n) is 2.76. The van der Waals surface area contributed by atoms with Crippen LogP contribution < -0.4 is 11.2 Å². The van der Waals surface area contributed by atoms with Gasteiger partial charge < -0.3 is 5.11 Å². The number of para-hydroxylation sites is 2. The van der Waals surface area contributed by atoms with Gasteiger partial charge >= 0.3 is 5.69 Å². The lowest BCUT2D eigenvalue weighted by Crippen LogP contribution is -2.31. The Morgan fingerprint density at radius 3 is 2.54 bits per heavy atom. The van der Waals surface area contributed by atoms with Crippen LogP contribution in [0.3, 0.4) is 0 Å². The predicted molar refractivity (Wildman–Crippen MR) is 102 cm³/mol. The molecule has 3 aromatic rings. The fourth-order valence-corrected chi connectivity index (χ4v) is 2.76. The molecule has 0 saturated carbocycles. The Morgan fingerprint density at radius 1 is 1.12 bits per heavy atom. The molecule has 0 saturated heterocycles. The molecular formula is C20H19N3O3. The summed E-state index contributed by atoms with van der Waals surface area (Å²) in [5, 5.41) is 10.6. The minimum Gasteiger partial charge on any atom is -0.493 e. The van der Waals surface area contributed by atoms with Crippen molar-refractivity contribution in [2.45, 2.75) is 20.3 Å². The monoisotopic (exact) mass is 349 g/mol. The first kappa shape index (κ1) is 17.4. The van der Waals surface area contributed by atoms with E-state index >= 15 is 0 Å². The smallest absolute Gasteiger partial charge is 0.335 e. The molecular weight excluding hydrogens is 330 g/mol. The van der Waals surface area contributed by atoms with Crippen LogP contribution >= 0.6 is 0 Å². The van der Waals surface area contributed by atoms with Crippen LogP contribution in [-0.2, 0) is 6.42 Å². The van der Waals surface area contributed by atoms with Crippen molar-refractivity contribution in [3.05, 3.63) is 86.1 Å². The summed E-state index contributed by atoms with van der Waals surface area (Å²) in [5.74, 6) is -0.439. The number of benzene rings is 2. The molecule has 0 fully saturated rings. The van der Waals surface area contributed by atoms with Gasteiger partial charge in [-0.3, -0.25) is 14.8 Å². The number of nitrogens with zero attached hydrogens (tertiary/aromatic N) is 2. The van der Waals surface area contributed by atoms with Crippen molar-refractivity contribution < 1.29 is 5.11 Å². The molecule has 0 radical (unpaired) electrons. The molecule has 0 aliphatic carbocycles. The van der Waals surface area contributed by atoms with Gasteiger partial charge in [0.1, 0.15) is 5.56 Å². The minimum absolute atomic E-state index is 0.0706. The number of aromatic hydroxyl groups is 1. The van der Waals surface area contributed by atoms with Gasteiger partial charge in [-0.05, 0) is 36.6 Å². The van der Waals surface area contributed by atoms with Crippen molar-refractivity contribution in [3.63, 3.8) is 0 Å². The van der Waals surface area contributed by atoms with Crippen LogP contribution in [0.15, 0.2) is 63.1 Å². The summed E-state index contributed by atoms with van der Waals surface area (Å²) in [6, 6.07) is 14.6. The third kappa shape index (κ3) is 3.21. The molecule has 0 unspecified atom stereocenters. The summed E-state index contributed by atoms with van der Waals surface area (Å²) in [4.78, 5) is 31.0. The second-order valence-electron chi connectivity index (χ2n) is 5.86. The highest BCUT2D eigenvalue weighted by molar-refractivity contribution is 5.84. The van der Waals surface area contributed by atoms with E-state index in [2.05, 4.69) is 9.98 Å². The summed E-state index contributed by atoms with van der Waals surface area (Å²) in [6.07, 6.45) is 2.08. The number of H-pyrrole nitrogens is 1. The quantitative estimate of drug-likeness (QED) is 0.710. The van der Waals surface area contributed by atoms with Gasteiger partial charge in [-0.25, -0.2) is 9.36 Å². The van der Waals surface area contributed by atoms with Crippen LogP contribution in [-0.4, -0.2) is 20.9 Å². The SMILES string of the molecule is CCc1ccccc1N=Cc1c(O)n(-c2ccccc2C)c(=O)[nH]c1=O. The van der Waals surface area contributed by atoms with Crippen molar-refractivity contribution in [2.75, 3.05) is 0 Å². The highest BCUT2D eigenvalue weighted by Crippen LogP contribution is 2.21. The molecule has 2 N–H and O–H groups in total. The van der Waals surface area contributed by atoms with Gasteiger partial charge in [-0.2, -0.15) is 0 Å². The number of aromatic amines is 1. The number of nitrogens with one attached hydrogen (secondary N) is 1. The molecule has 1 aromatic heterocycles. The number of aliphatic imine (C=N–C) groups is 1. The lowest BCUT2D eigenvalue weighted by Gasteiger charge is -2.11. The number of aromatic nitrogens is 2. The van der Waals surface area contributed by atoms with Gasteiger partial charge in [0, 0.05) is 6.21 Å². The van der Waals surface area contributed by atoms with E-state index in [4.69, 9.17) is 0 Å². The largest absolute Gasteiger partial charge is 0.493 e.